The first kappa shape index (κ1) is 9.06. The van der Waals surface area contributed by atoms with E-state index in [1.54, 1.807) is 7.05 Å². The molecule has 1 aliphatic heterocycles. The first-order valence-corrected chi connectivity index (χ1v) is 4.84. The standard InChI is InChI=1S/C11H14N2O/c1-12-11(14)8-13-7-6-9-4-2-3-5-10(9)13/h2-5H,6-8H2,1H3,(H,12,14). The van der Waals surface area contributed by atoms with Gasteiger partial charge in [-0.3, -0.25) is 4.79 Å². The average Bonchev–Trinajstić information content (AvgIpc) is 2.62. The van der Waals surface area contributed by atoms with E-state index in [9.17, 15) is 4.79 Å². The largest absolute Gasteiger partial charge is 0.362 e. The molecule has 1 aromatic carbocycles. The van der Waals surface area contributed by atoms with Gasteiger partial charge in [-0.1, -0.05) is 18.2 Å². The number of carbonyl (C=O) groups excluding carboxylic acids is 1. The molecule has 1 heterocycles. The summed E-state index contributed by atoms with van der Waals surface area (Å²) in [6, 6.07) is 8.26. The van der Waals surface area contributed by atoms with Crippen LogP contribution in [0, 0.1) is 0 Å². The Morgan fingerprint density at radius 1 is 1.50 bits per heavy atom. The molecule has 0 saturated heterocycles. The Hall–Kier alpha value is -1.51. The van der Waals surface area contributed by atoms with Crippen LogP contribution in [0.4, 0.5) is 5.69 Å². The Balaban J connectivity index is 2.14. The van der Waals surface area contributed by atoms with Gasteiger partial charge in [0.05, 0.1) is 6.54 Å². The van der Waals surface area contributed by atoms with Crippen LogP contribution in [0.1, 0.15) is 5.56 Å². The van der Waals surface area contributed by atoms with Crippen LogP contribution in [0.2, 0.25) is 0 Å². The minimum absolute atomic E-state index is 0.0710. The number of hydrogen-bond donors (Lipinski definition) is 1. The third-order valence-corrected chi connectivity index (χ3v) is 2.60. The number of amides is 1. The molecule has 74 valence electrons. The summed E-state index contributed by atoms with van der Waals surface area (Å²) < 4.78 is 0. The monoisotopic (exact) mass is 190 g/mol. The number of rotatable bonds is 2. The Kier molecular flexibility index (Phi) is 2.39. The van der Waals surface area contributed by atoms with Crippen molar-refractivity contribution in [1.29, 1.82) is 0 Å². The first-order chi connectivity index (χ1) is 6.81. The van der Waals surface area contributed by atoms with E-state index in [2.05, 4.69) is 22.3 Å². The lowest BCUT2D eigenvalue weighted by molar-refractivity contribution is -0.119. The van der Waals surface area contributed by atoms with Gasteiger partial charge in [-0.05, 0) is 18.1 Å². The van der Waals surface area contributed by atoms with Crippen molar-refractivity contribution in [3.63, 3.8) is 0 Å². The van der Waals surface area contributed by atoms with Crippen molar-refractivity contribution in [3.8, 4) is 0 Å². The van der Waals surface area contributed by atoms with E-state index in [0.717, 1.165) is 13.0 Å². The van der Waals surface area contributed by atoms with Crippen molar-refractivity contribution >= 4 is 11.6 Å². The van der Waals surface area contributed by atoms with Gasteiger partial charge in [0.2, 0.25) is 5.91 Å². The van der Waals surface area contributed by atoms with Crippen molar-refractivity contribution in [1.82, 2.24) is 5.32 Å². The van der Waals surface area contributed by atoms with Crippen molar-refractivity contribution in [3.05, 3.63) is 29.8 Å². The van der Waals surface area contributed by atoms with Gasteiger partial charge in [0.15, 0.2) is 0 Å². The molecule has 0 bridgehead atoms. The first-order valence-electron chi connectivity index (χ1n) is 4.84. The number of benzene rings is 1. The fourth-order valence-corrected chi connectivity index (χ4v) is 1.82. The molecule has 0 unspecified atom stereocenters. The lowest BCUT2D eigenvalue weighted by Gasteiger charge is -2.17. The minimum Gasteiger partial charge on any atom is -0.362 e. The zero-order valence-corrected chi connectivity index (χ0v) is 8.29. The van der Waals surface area contributed by atoms with Crippen LogP contribution in [0.25, 0.3) is 0 Å². The van der Waals surface area contributed by atoms with E-state index >= 15 is 0 Å². The highest BCUT2D eigenvalue weighted by Crippen LogP contribution is 2.26. The van der Waals surface area contributed by atoms with Crippen molar-refractivity contribution in [2.45, 2.75) is 6.42 Å². The third kappa shape index (κ3) is 1.58. The summed E-state index contributed by atoms with van der Waals surface area (Å²) in [6.07, 6.45) is 1.05. The Labute approximate surface area is 83.7 Å². The van der Waals surface area contributed by atoms with Crippen LogP contribution >= 0.6 is 0 Å². The smallest absolute Gasteiger partial charge is 0.239 e. The number of nitrogens with zero attached hydrogens (tertiary/aromatic N) is 1. The summed E-state index contributed by atoms with van der Waals surface area (Å²) in [6.45, 7) is 1.42. The highest BCUT2D eigenvalue weighted by Gasteiger charge is 2.19. The second-order valence-electron chi connectivity index (χ2n) is 3.47. The number of nitrogens with one attached hydrogen (secondary N) is 1. The van der Waals surface area contributed by atoms with Gasteiger partial charge in [-0.25, -0.2) is 0 Å². The molecule has 0 fully saturated rings. The van der Waals surface area contributed by atoms with Gasteiger partial charge in [-0.2, -0.15) is 0 Å². The van der Waals surface area contributed by atoms with Gasteiger partial charge in [0.1, 0.15) is 0 Å². The van der Waals surface area contributed by atoms with Crippen LogP contribution in [0.15, 0.2) is 24.3 Å². The summed E-state index contributed by atoms with van der Waals surface area (Å²) in [7, 11) is 1.67. The maximum atomic E-state index is 11.2. The number of para-hydroxylation sites is 1. The Bertz CT molecular complexity index is 349. The van der Waals surface area contributed by atoms with Crippen LogP contribution in [0.5, 0.6) is 0 Å². The molecular weight excluding hydrogens is 176 g/mol. The molecule has 0 spiro atoms. The number of carbonyl (C=O) groups is 1. The van der Waals surface area contributed by atoms with Crippen molar-refractivity contribution in [2.75, 3.05) is 25.0 Å². The molecule has 14 heavy (non-hydrogen) atoms. The summed E-state index contributed by atoms with van der Waals surface area (Å²) >= 11 is 0. The highest BCUT2D eigenvalue weighted by atomic mass is 16.1. The molecule has 2 rings (SSSR count). The summed E-state index contributed by atoms with van der Waals surface area (Å²) in [5.74, 6) is 0.0710. The fraction of sp³-hybridized carbons (Fsp3) is 0.364. The Morgan fingerprint density at radius 3 is 3.07 bits per heavy atom. The number of hydrogen-bond acceptors (Lipinski definition) is 2. The van der Waals surface area contributed by atoms with Gasteiger partial charge >= 0.3 is 0 Å². The SMILES string of the molecule is CNC(=O)CN1CCc2ccccc21. The third-order valence-electron chi connectivity index (χ3n) is 2.60. The second-order valence-corrected chi connectivity index (χ2v) is 3.47. The van der Waals surface area contributed by atoms with Gasteiger partial charge in [-0.15, -0.1) is 0 Å². The molecule has 1 aromatic rings. The van der Waals surface area contributed by atoms with E-state index in [-0.39, 0.29) is 5.91 Å². The maximum absolute atomic E-state index is 11.2. The van der Waals surface area contributed by atoms with Crippen LogP contribution in [0.3, 0.4) is 0 Å². The predicted octanol–water partition coefficient (Wildman–Crippen LogP) is 0.795. The lowest BCUT2D eigenvalue weighted by Crippen LogP contribution is -2.34. The number of anilines is 1. The minimum atomic E-state index is 0.0710. The maximum Gasteiger partial charge on any atom is 0.239 e. The molecule has 3 heteroatoms. The average molecular weight is 190 g/mol. The zero-order valence-electron chi connectivity index (χ0n) is 8.29. The Morgan fingerprint density at radius 2 is 2.29 bits per heavy atom. The van der Waals surface area contributed by atoms with E-state index in [1.807, 2.05) is 12.1 Å². The molecule has 1 N–H and O–H groups in total. The molecular formula is C11H14N2O. The van der Waals surface area contributed by atoms with Gasteiger partial charge in [0.25, 0.3) is 0 Å². The fourth-order valence-electron chi connectivity index (χ4n) is 1.82. The normalized spacial score (nSPS) is 13.9. The van der Waals surface area contributed by atoms with E-state index in [0.29, 0.717) is 6.54 Å². The van der Waals surface area contributed by atoms with E-state index < -0.39 is 0 Å². The van der Waals surface area contributed by atoms with Crippen LogP contribution in [-0.4, -0.2) is 26.0 Å². The van der Waals surface area contributed by atoms with Gasteiger partial charge < -0.3 is 10.2 Å². The predicted molar refractivity (Wildman–Crippen MR) is 56.4 cm³/mol. The van der Waals surface area contributed by atoms with Crippen LogP contribution < -0.4 is 10.2 Å². The lowest BCUT2D eigenvalue weighted by atomic mass is 10.2. The molecule has 0 aromatic heterocycles. The summed E-state index contributed by atoms with van der Waals surface area (Å²) in [5.41, 5.74) is 2.55. The quantitative estimate of drug-likeness (QED) is 0.748. The topological polar surface area (TPSA) is 32.3 Å². The highest BCUT2D eigenvalue weighted by molar-refractivity contribution is 5.81. The summed E-state index contributed by atoms with van der Waals surface area (Å²) in [4.78, 5) is 13.3. The molecule has 0 atom stereocenters. The molecule has 0 radical (unpaired) electrons. The molecule has 0 aliphatic carbocycles. The summed E-state index contributed by atoms with van der Waals surface area (Å²) in [5, 5.41) is 2.64. The van der Waals surface area contributed by atoms with Gasteiger partial charge in [0, 0.05) is 19.3 Å². The molecule has 1 aliphatic rings. The molecule has 3 nitrogen and oxygen atoms in total. The van der Waals surface area contributed by atoms with Crippen molar-refractivity contribution < 1.29 is 4.79 Å². The van der Waals surface area contributed by atoms with Crippen molar-refractivity contribution in [2.24, 2.45) is 0 Å². The molecule has 1 amide bonds. The zero-order chi connectivity index (χ0) is 9.97. The number of likely N-dealkylation sites (N-methyl/N-ethyl adjacent to an activating group) is 1. The van der Waals surface area contributed by atoms with Crippen LogP contribution in [-0.2, 0) is 11.2 Å². The number of fused-ring (bicyclic) bond motifs is 1. The molecule has 0 saturated carbocycles. The van der Waals surface area contributed by atoms with E-state index in [1.165, 1.54) is 11.3 Å². The second kappa shape index (κ2) is 3.70. The van der Waals surface area contributed by atoms with E-state index in [4.69, 9.17) is 0 Å².